The van der Waals surface area contributed by atoms with Gasteiger partial charge in [0.05, 0.1) is 19.8 Å². The number of para-hydroxylation sites is 1. The molecule has 0 saturated carbocycles. The maximum atomic E-state index is 11.8. The first kappa shape index (κ1) is 14.4. The van der Waals surface area contributed by atoms with E-state index in [9.17, 15) is 4.79 Å². The summed E-state index contributed by atoms with van der Waals surface area (Å²) in [6, 6.07) is 13.7. The Morgan fingerprint density at radius 1 is 1.05 bits per heavy atom. The van der Waals surface area contributed by atoms with E-state index in [1.807, 2.05) is 42.5 Å². The van der Waals surface area contributed by atoms with E-state index >= 15 is 0 Å². The predicted molar refractivity (Wildman–Crippen MR) is 86.2 cm³/mol. The Morgan fingerprint density at radius 2 is 1.86 bits per heavy atom. The quantitative estimate of drug-likeness (QED) is 0.806. The van der Waals surface area contributed by atoms with Crippen molar-refractivity contribution in [1.29, 1.82) is 0 Å². The standard InChI is InChI=1S/C19H18O3/c1-21-18-9-4-3-7-16(18)15-8-5-6-13-10-11-14(12-17(13)15)19(20)22-2/h3-4,7-12H,5-6H2,1-2H3. The van der Waals surface area contributed by atoms with E-state index in [4.69, 9.17) is 9.47 Å². The first-order valence-electron chi connectivity index (χ1n) is 7.29. The molecule has 2 aromatic carbocycles. The van der Waals surface area contributed by atoms with Crippen LogP contribution in [0.4, 0.5) is 0 Å². The zero-order valence-electron chi connectivity index (χ0n) is 12.8. The topological polar surface area (TPSA) is 35.5 Å². The van der Waals surface area contributed by atoms with Gasteiger partial charge in [-0.15, -0.1) is 0 Å². The van der Waals surface area contributed by atoms with Crippen LogP contribution in [-0.2, 0) is 11.2 Å². The van der Waals surface area contributed by atoms with Crippen LogP contribution in [0.2, 0.25) is 0 Å². The van der Waals surface area contributed by atoms with Crippen molar-refractivity contribution in [1.82, 2.24) is 0 Å². The van der Waals surface area contributed by atoms with Crippen molar-refractivity contribution >= 4 is 11.5 Å². The van der Waals surface area contributed by atoms with Gasteiger partial charge in [-0.2, -0.15) is 0 Å². The summed E-state index contributed by atoms with van der Waals surface area (Å²) in [5.41, 5.74) is 5.07. The number of ether oxygens (including phenoxy) is 2. The van der Waals surface area contributed by atoms with Gasteiger partial charge in [-0.3, -0.25) is 0 Å². The molecule has 0 radical (unpaired) electrons. The second-order valence-corrected chi connectivity index (χ2v) is 5.22. The summed E-state index contributed by atoms with van der Waals surface area (Å²) in [4.78, 5) is 11.8. The highest BCUT2D eigenvalue weighted by Crippen LogP contribution is 2.36. The van der Waals surface area contributed by atoms with Crippen LogP contribution < -0.4 is 4.74 Å². The van der Waals surface area contributed by atoms with Crippen LogP contribution >= 0.6 is 0 Å². The van der Waals surface area contributed by atoms with E-state index in [0.717, 1.165) is 35.3 Å². The maximum absolute atomic E-state index is 11.8. The Hall–Kier alpha value is -2.55. The second kappa shape index (κ2) is 6.06. The van der Waals surface area contributed by atoms with Gasteiger partial charge in [0.15, 0.2) is 0 Å². The molecular formula is C19H18O3. The van der Waals surface area contributed by atoms with Crippen LogP contribution in [0.25, 0.3) is 5.57 Å². The fourth-order valence-electron chi connectivity index (χ4n) is 2.89. The van der Waals surface area contributed by atoms with E-state index < -0.39 is 0 Å². The summed E-state index contributed by atoms with van der Waals surface area (Å²) in [6.45, 7) is 0. The lowest BCUT2D eigenvalue weighted by molar-refractivity contribution is 0.0600. The molecule has 3 rings (SSSR count). The molecule has 3 heteroatoms. The number of allylic oxidation sites excluding steroid dienone is 1. The minimum Gasteiger partial charge on any atom is -0.496 e. The van der Waals surface area contributed by atoms with Gasteiger partial charge in [-0.25, -0.2) is 4.79 Å². The van der Waals surface area contributed by atoms with Crippen LogP contribution in [0, 0.1) is 0 Å². The lowest BCUT2D eigenvalue weighted by Gasteiger charge is -2.20. The SMILES string of the molecule is COC(=O)c1ccc2c(c1)C(c1ccccc1OC)=CCC2. The van der Waals surface area contributed by atoms with Gasteiger partial charge >= 0.3 is 5.97 Å². The number of esters is 1. The molecule has 0 heterocycles. The molecule has 0 aromatic heterocycles. The Balaban J connectivity index is 2.13. The van der Waals surface area contributed by atoms with Crippen molar-refractivity contribution in [3.8, 4) is 5.75 Å². The minimum atomic E-state index is -0.312. The first-order valence-corrected chi connectivity index (χ1v) is 7.29. The van der Waals surface area contributed by atoms with Gasteiger partial charge < -0.3 is 9.47 Å². The summed E-state index contributed by atoms with van der Waals surface area (Å²) in [5.74, 6) is 0.526. The minimum absolute atomic E-state index is 0.312. The number of hydrogen-bond acceptors (Lipinski definition) is 3. The fourth-order valence-corrected chi connectivity index (χ4v) is 2.89. The van der Waals surface area contributed by atoms with Crippen molar-refractivity contribution in [2.24, 2.45) is 0 Å². The Bertz CT molecular complexity index is 744. The number of carbonyl (C=O) groups is 1. The first-order chi connectivity index (χ1) is 10.7. The molecule has 1 aliphatic carbocycles. The van der Waals surface area contributed by atoms with Crippen LogP contribution in [0.3, 0.4) is 0 Å². The fraction of sp³-hybridized carbons (Fsp3) is 0.211. The molecule has 112 valence electrons. The van der Waals surface area contributed by atoms with Crippen molar-refractivity contribution in [3.63, 3.8) is 0 Å². The Labute approximate surface area is 130 Å². The number of carbonyl (C=O) groups excluding carboxylic acids is 1. The Morgan fingerprint density at radius 3 is 2.64 bits per heavy atom. The lowest BCUT2D eigenvalue weighted by Crippen LogP contribution is -2.07. The van der Waals surface area contributed by atoms with Crippen molar-refractivity contribution in [2.75, 3.05) is 14.2 Å². The number of methoxy groups -OCH3 is 2. The van der Waals surface area contributed by atoms with Crippen LogP contribution in [0.1, 0.15) is 33.5 Å². The zero-order chi connectivity index (χ0) is 15.5. The normalized spacial score (nSPS) is 13.1. The number of aryl methyl sites for hydroxylation is 1. The third-order valence-electron chi connectivity index (χ3n) is 3.98. The number of hydrogen-bond donors (Lipinski definition) is 0. The van der Waals surface area contributed by atoms with Gasteiger partial charge in [-0.05, 0) is 47.7 Å². The molecule has 2 aromatic rings. The zero-order valence-corrected chi connectivity index (χ0v) is 12.8. The molecule has 22 heavy (non-hydrogen) atoms. The van der Waals surface area contributed by atoms with E-state index in [-0.39, 0.29) is 5.97 Å². The predicted octanol–water partition coefficient (Wildman–Crippen LogP) is 3.86. The van der Waals surface area contributed by atoms with Gasteiger partial charge in [-0.1, -0.05) is 30.3 Å². The average molecular weight is 294 g/mol. The number of fused-ring (bicyclic) bond motifs is 1. The number of benzene rings is 2. The van der Waals surface area contributed by atoms with Crippen molar-refractivity contribution < 1.29 is 14.3 Å². The molecule has 0 aliphatic heterocycles. The molecule has 0 N–H and O–H groups in total. The highest BCUT2D eigenvalue weighted by Gasteiger charge is 2.19. The van der Waals surface area contributed by atoms with Crippen LogP contribution in [-0.4, -0.2) is 20.2 Å². The third-order valence-corrected chi connectivity index (χ3v) is 3.98. The molecule has 0 unspecified atom stereocenters. The maximum Gasteiger partial charge on any atom is 0.337 e. The molecule has 0 spiro atoms. The molecule has 0 atom stereocenters. The summed E-state index contributed by atoms with van der Waals surface area (Å²) < 4.78 is 10.3. The average Bonchev–Trinajstić information content (AvgIpc) is 2.60. The highest BCUT2D eigenvalue weighted by molar-refractivity contribution is 5.93. The lowest BCUT2D eigenvalue weighted by atomic mass is 9.85. The van der Waals surface area contributed by atoms with E-state index in [0.29, 0.717) is 5.56 Å². The molecule has 0 amide bonds. The molecular weight excluding hydrogens is 276 g/mol. The van der Waals surface area contributed by atoms with E-state index in [1.165, 1.54) is 12.7 Å². The third kappa shape index (κ3) is 2.50. The Kier molecular flexibility index (Phi) is 3.96. The largest absolute Gasteiger partial charge is 0.496 e. The van der Waals surface area contributed by atoms with Gasteiger partial charge in [0.1, 0.15) is 5.75 Å². The summed E-state index contributed by atoms with van der Waals surface area (Å²) in [5, 5.41) is 0. The summed E-state index contributed by atoms with van der Waals surface area (Å²) >= 11 is 0. The van der Waals surface area contributed by atoms with E-state index in [1.54, 1.807) is 7.11 Å². The monoisotopic (exact) mass is 294 g/mol. The molecule has 0 fully saturated rings. The molecule has 3 nitrogen and oxygen atoms in total. The van der Waals surface area contributed by atoms with Gasteiger partial charge in [0, 0.05) is 5.56 Å². The smallest absolute Gasteiger partial charge is 0.337 e. The highest BCUT2D eigenvalue weighted by atomic mass is 16.5. The van der Waals surface area contributed by atoms with Gasteiger partial charge in [0.2, 0.25) is 0 Å². The van der Waals surface area contributed by atoms with E-state index in [2.05, 4.69) is 6.08 Å². The molecule has 0 saturated heterocycles. The number of rotatable bonds is 3. The van der Waals surface area contributed by atoms with Crippen LogP contribution in [0.5, 0.6) is 5.75 Å². The summed E-state index contributed by atoms with van der Waals surface area (Å²) in [7, 11) is 3.08. The molecule has 0 bridgehead atoms. The van der Waals surface area contributed by atoms with Crippen molar-refractivity contribution in [2.45, 2.75) is 12.8 Å². The van der Waals surface area contributed by atoms with Crippen molar-refractivity contribution in [3.05, 3.63) is 70.8 Å². The summed E-state index contributed by atoms with van der Waals surface area (Å²) in [6.07, 6.45) is 4.18. The van der Waals surface area contributed by atoms with Gasteiger partial charge in [0.25, 0.3) is 0 Å². The molecule has 1 aliphatic rings. The van der Waals surface area contributed by atoms with Crippen LogP contribution in [0.15, 0.2) is 48.5 Å². The second-order valence-electron chi connectivity index (χ2n) is 5.22.